The van der Waals surface area contributed by atoms with Crippen molar-refractivity contribution in [2.24, 2.45) is 0 Å². The van der Waals surface area contributed by atoms with Crippen LogP contribution in [-0.4, -0.2) is 38.6 Å². The molecular weight excluding hydrogens is 345 g/mol. The molecule has 0 radical (unpaired) electrons. The van der Waals surface area contributed by atoms with E-state index in [2.05, 4.69) is 8.92 Å². The van der Waals surface area contributed by atoms with Crippen LogP contribution in [0, 0.1) is 0 Å². The average Bonchev–Trinajstić information content (AvgIpc) is 2.71. The van der Waals surface area contributed by atoms with Crippen molar-refractivity contribution in [1.82, 2.24) is 0 Å². The van der Waals surface area contributed by atoms with Crippen molar-refractivity contribution in [2.45, 2.75) is 44.7 Å². The van der Waals surface area contributed by atoms with Crippen LogP contribution in [0.2, 0.25) is 0 Å². The fourth-order valence-electron chi connectivity index (χ4n) is 1.76. The lowest BCUT2D eigenvalue weighted by atomic mass is 10.0. The minimum atomic E-state index is -6.11. The Hall–Kier alpha value is -1.78. The molecule has 11 heteroatoms. The molecule has 0 fully saturated rings. The second-order valence-electron chi connectivity index (χ2n) is 4.48. The summed E-state index contributed by atoms with van der Waals surface area (Å²) in [5, 5.41) is 0. The number of ether oxygens (including phenoxy) is 2. The van der Waals surface area contributed by atoms with E-state index >= 15 is 0 Å². The Morgan fingerprint density at radius 2 is 1.91 bits per heavy atom. The molecule has 0 aromatic carbocycles. The zero-order valence-electron chi connectivity index (χ0n) is 12.3. The minimum absolute atomic E-state index is 0.120. The Morgan fingerprint density at radius 3 is 2.39 bits per heavy atom. The first-order valence-corrected chi connectivity index (χ1v) is 8.09. The van der Waals surface area contributed by atoms with Gasteiger partial charge in [-0.3, -0.25) is 0 Å². The first-order valence-electron chi connectivity index (χ1n) is 6.68. The van der Waals surface area contributed by atoms with E-state index in [4.69, 9.17) is 4.74 Å². The van der Waals surface area contributed by atoms with Gasteiger partial charge in [0.25, 0.3) is 0 Å². The number of hydrogen-bond acceptors (Lipinski definition) is 7. The quantitative estimate of drug-likeness (QED) is 0.388. The molecule has 0 aromatic rings. The fourth-order valence-corrected chi connectivity index (χ4v) is 2.23. The van der Waals surface area contributed by atoms with E-state index in [1.54, 1.807) is 6.92 Å². The molecule has 0 spiro atoms. The maximum absolute atomic E-state index is 12.4. The second kappa shape index (κ2) is 7.20. The maximum atomic E-state index is 12.4. The molecule has 23 heavy (non-hydrogen) atoms. The molecule has 0 saturated heterocycles. The Bertz CT molecular complexity index is 607. The zero-order chi connectivity index (χ0) is 17.8. The highest BCUT2D eigenvalue weighted by Gasteiger charge is 2.52. The first-order chi connectivity index (χ1) is 10.5. The first kappa shape index (κ1) is 19.3. The number of unbranched alkanes of at least 4 members (excludes halogenated alkanes) is 1. The smallest absolute Gasteiger partial charge is 0.462 e. The van der Waals surface area contributed by atoms with Gasteiger partial charge in [0.05, 0.1) is 6.61 Å². The number of rotatable bonds is 7. The van der Waals surface area contributed by atoms with E-state index in [9.17, 15) is 31.2 Å². The van der Waals surface area contributed by atoms with Gasteiger partial charge >= 0.3 is 27.6 Å². The summed E-state index contributed by atoms with van der Waals surface area (Å²) in [4.78, 5) is 23.5. The third-order valence-corrected chi connectivity index (χ3v) is 3.75. The highest BCUT2D eigenvalue weighted by atomic mass is 32.2. The Balaban J connectivity index is 3.25. The summed E-state index contributed by atoms with van der Waals surface area (Å²) in [6.07, 6.45) is 0.0522. The van der Waals surface area contributed by atoms with Gasteiger partial charge in [-0.2, -0.15) is 21.6 Å². The minimum Gasteiger partial charge on any atom is -0.462 e. The Labute approximate surface area is 130 Å². The molecule has 1 aliphatic heterocycles. The van der Waals surface area contributed by atoms with Crippen molar-refractivity contribution in [2.75, 3.05) is 6.61 Å². The van der Waals surface area contributed by atoms with Crippen molar-refractivity contribution in [3.8, 4) is 0 Å². The summed E-state index contributed by atoms with van der Waals surface area (Å²) in [6, 6.07) is 0. The van der Waals surface area contributed by atoms with Gasteiger partial charge in [-0.15, -0.1) is 0 Å². The van der Waals surface area contributed by atoms with E-state index in [1.165, 1.54) is 6.92 Å². The van der Waals surface area contributed by atoms with Crippen molar-refractivity contribution < 1.29 is 44.8 Å². The lowest BCUT2D eigenvalue weighted by Gasteiger charge is -2.12. The molecule has 0 saturated carbocycles. The predicted molar refractivity (Wildman–Crippen MR) is 69.1 cm³/mol. The highest BCUT2D eigenvalue weighted by molar-refractivity contribution is 7.87. The van der Waals surface area contributed by atoms with Crippen molar-refractivity contribution in [3.05, 3.63) is 11.3 Å². The van der Waals surface area contributed by atoms with E-state index in [-0.39, 0.29) is 13.0 Å². The molecule has 1 heterocycles. The summed E-state index contributed by atoms with van der Waals surface area (Å²) in [7, 11) is -6.11. The van der Waals surface area contributed by atoms with E-state index in [0.29, 0.717) is 12.8 Å². The molecule has 1 atom stereocenters. The molecule has 0 N–H and O–H groups in total. The monoisotopic (exact) mass is 360 g/mol. The summed E-state index contributed by atoms with van der Waals surface area (Å²) in [5.41, 5.74) is -6.40. The van der Waals surface area contributed by atoms with Gasteiger partial charge in [-0.1, -0.05) is 13.3 Å². The van der Waals surface area contributed by atoms with Crippen LogP contribution in [0.5, 0.6) is 0 Å². The lowest BCUT2D eigenvalue weighted by molar-refractivity contribution is -0.143. The number of esters is 2. The SMILES string of the molecule is CCCCC1OC(=O)C(OS(=O)(=O)C(F)(F)F)=C1C(=O)OCC. The molecule has 0 amide bonds. The summed E-state index contributed by atoms with van der Waals surface area (Å²) in [5.74, 6) is -3.92. The summed E-state index contributed by atoms with van der Waals surface area (Å²) < 4.78 is 72.5. The molecule has 1 rings (SSSR count). The van der Waals surface area contributed by atoms with Crippen molar-refractivity contribution >= 4 is 22.1 Å². The van der Waals surface area contributed by atoms with Crippen LogP contribution in [0.25, 0.3) is 0 Å². The predicted octanol–water partition coefficient (Wildman–Crippen LogP) is 1.79. The van der Waals surface area contributed by atoms with Gasteiger partial charge in [0, 0.05) is 0 Å². The van der Waals surface area contributed by atoms with Gasteiger partial charge < -0.3 is 13.7 Å². The van der Waals surface area contributed by atoms with Crippen LogP contribution in [0.1, 0.15) is 33.1 Å². The van der Waals surface area contributed by atoms with Crippen molar-refractivity contribution in [1.29, 1.82) is 0 Å². The molecule has 0 aromatic heterocycles. The molecule has 1 unspecified atom stereocenters. The third-order valence-electron chi connectivity index (χ3n) is 2.79. The third kappa shape index (κ3) is 4.36. The lowest BCUT2D eigenvalue weighted by Crippen LogP contribution is -2.27. The molecule has 1 aliphatic rings. The maximum Gasteiger partial charge on any atom is 0.534 e. The number of carbonyl (C=O) groups excluding carboxylic acids is 2. The summed E-state index contributed by atoms with van der Waals surface area (Å²) >= 11 is 0. The van der Waals surface area contributed by atoms with Crippen LogP contribution in [0.4, 0.5) is 13.2 Å². The number of cyclic esters (lactones) is 1. The van der Waals surface area contributed by atoms with Gasteiger partial charge in [0.1, 0.15) is 11.7 Å². The van der Waals surface area contributed by atoms with Gasteiger partial charge in [0.2, 0.25) is 5.76 Å². The number of halogens is 3. The fraction of sp³-hybridized carbons (Fsp3) is 0.667. The number of hydrogen-bond donors (Lipinski definition) is 0. The van der Waals surface area contributed by atoms with Gasteiger partial charge in [-0.25, -0.2) is 9.59 Å². The topological polar surface area (TPSA) is 96.0 Å². The van der Waals surface area contributed by atoms with Crippen LogP contribution in [0.3, 0.4) is 0 Å². The Morgan fingerprint density at radius 1 is 1.30 bits per heavy atom. The van der Waals surface area contributed by atoms with E-state index in [1.807, 2.05) is 0 Å². The normalized spacial score (nSPS) is 18.8. The Kier molecular flexibility index (Phi) is 6.03. The zero-order valence-corrected chi connectivity index (χ0v) is 13.1. The summed E-state index contributed by atoms with van der Waals surface area (Å²) in [6.45, 7) is 3.11. The van der Waals surface area contributed by atoms with Crippen LogP contribution < -0.4 is 0 Å². The van der Waals surface area contributed by atoms with Crippen LogP contribution >= 0.6 is 0 Å². The standard InChI is InChI=1S/C12H15F3O7S/c1-3-5-6-7-8(10(16)20-4-2)9(11(17)21-7)22-23(18,19)12(13,14)15/h7H,3-6H2,1-2H3. The van der Waals surface area contributed by atoms with Gasteiger partial charge in [0.15, 0.2) is 0 Å². The average molecular weight is 360 g/mol. The molecule has 7 nitrogen and oxygen atoms in total. The van der Waals surface area contributed by atoms with Crippen molar-refractivity contribution in [3.63, 3.8) is 0 Å². The molecule has 132 valence electrons. The van der Waals surface area contributed by atoms with Crippen LogP contribution in [-0.2, 0) is 33.4 Å². The second-order valence-corrected chi connectivity index (χ2v) is 6.02. The van der Waals surface area contributed by atoms with Crippen LogP contribution in [0.15, 0.2) is 11.3 Å². The molecule has 0 aliphatic carbocycles. The largest absolute Gasteiger partial charge is 0.534 e. The van der Waals surface area contributed by atoms with Gasteiger partial charge in [-0.05, 0) is 19.8 Å². The number of alkyl halides is 3. The van der Waals surface area contributed by atoms with E-state index in [0.717, 1.165) is 0 Å². The van der Waals surface area contributed by atoms with E-state index < -0.39 is 45.0 Å². The number of carbonyl (C=O) groups is 2. The highest BCUT2D eigenvalue weighted by Crippen LogP contribution is 2.33. The molecule has 0 bridgehead atoms. The molecular formula is C12H15F3O7S.